The van der Waals surface area contributed by atoms with E-state index in [9.17, 15) is 14.4 Å². The Bertz CT molecular complexity index is 1260. The van der Waals surface area contributed by atoms with E-state index in [0.29, 0.717) is 36.2 Å². The van der Waals surface area contributed by atoms with Crippen molar-refractivity contribution in [3.05, 3.63) is 53.0 Å². The Morgan fingerprint density at radius 2 is 1.91 bits per heavy atom. The third-order valence-electron chi connectivity index (χ3n) is 6.82. The lowest BCUT2D eigenvalue weighted by atomic mass is 9.74. The maximum Gasteiger partial charge on any atom is 0.268 e. The second kappa shape index (κ2) is 9.72. The van der Waals surface area contributed by atoms with Crippen molar-refractivity contribution in [2.24, 2.45) is 5.41 Å². The molecule has 3 aromatic rings. The standard InChI is InChI=1S/C28H36N4O3/c1-6-7-9-20(26(34)31-19-11-8-10-18-17(19)12-13-29-18)32-27(35)25-23(16(2)3)24-21(30-25)14-28(4,5)15-22(24)33/h8,10-13,16,20,29-30H,6-7,9,14-15H2,1-5H3,(H,31,34)(H,32,35). The molecule has 0 saturated heterocycles. The van der Waals surface area contributed by atoms with Crippen molar-refractivity contribution in [1.29, 1.82) is 0 Å². The minimum absolute atomic E-state index is 0.00461. The number of aromatic amines is 2. The van der Waals surface area contributed by atoms with Gasteiger partial charge in [-0.3, -0.25) is 14.4 Å². The highest BCUT2D eigenvalue weighted by molar-refractivity contribution is 6.07. The number of fused-ring (bicyclic) bond motifs is 2. The molecule has 0 bridgehead atoms. The molecular weight excluding hydrogens is 440 g/mol. The SMILES string of the molecule is CCCCC(NC(=O)c1[nH]c2c(c1C(C)C)C(=O)CC(C)(C)C2)C(=O)Nc1cccc2[nH]ccc12. The van der Waals surface area contributed by atoms with Crippen molar-refractivity contribution in [3.8, 4) is 0 Å². The Kier molecular flexibility index (Phi) is 6.88. The van der Waals surface area contributed by atoms with Gasteiger partial charge in [0.1, 0.15) is 11.7 Å². The molecule has 4 N–H and O–H groups in total. The Morgan fingerprint density at radius 1 is 1.14 bits per heavy atom. The van der Waals surface area contributed by atoms with Crippen LogP contribution in [0.25, 0.3) is 10.9 Å². The number of anilines is 1. The number of H-pyrrole nitrogens is 2. The summed E-state index contributed by atoms with van der Waals surface area (Å²) in [5.74, 6) is -0.518. The average Bonchev–Trinajstić information content (AvgIpc) is 3.41. The van der Waals surface area contributed by atoms with Gasteiger partial charge in [0.25, 0.3) is 5.91 Å². The summed E-state index contributed by atoms with van der Waals surface area (Å²) >= 11 is 0. The largest absolute Gasteiger partial charge is 0.361 e. The number of aromatic nitrogens is 2. The normalized spacial score (nSPS) is 15.8. The lowest BCUT2D eigenvalue weighted by Crippen LogP contribution is -2.44. The molecular formula is C28H36N4O3. The molecule has 0 aliphatic heterocycles. The van der Waals surface area contributed by atoms with Crippen LogP contribution in [0.4, 0.5) is 5.69 Å². The van der Waals surface area contributed by atoms with Crippen LogP contribution < -0.4 is 10.6 Å². The fourth-order valence-electron chi connectivity index (χ4n) is 5.16. The molecule has 186 valence electrons. The highest BCUT2D eigenvalue weighted by Gasteiger charge is 2.37. The van der Waals surface area contributed by atoms with Crippen LogP contribution in [0.3, 0.4) is 0 Å². The van der Waals surface area contributed by atoms with Crippen molar-refractivity contribution in [1.82, 2.24) is 15.3 Å². The quantitative estimate of drug-likeness (QED) is 0.335. The molecule has 1 aliphatic rings. The molecule has 7 nitrogen and oxygen atoms in total. The van der Waals surface area contributed by atoms with Crippen LogP contribution in [-0.2, 0) is 11.2 Å². The molecule has 35 heavy (non-hydrogen) atoms. The van der Waals surface area contributed by atoms with E-state index in [2.05, 4.69) is 41.4 Å². The number of carbonyl (C=O) groups excluding carboxylic acids is 3. The van der Waals surface area contributed by atoms with Gasteiger partial charge in [-0.2, -0.15) is 0 Å². The fourth-order valence-corrected chi connectivity index (χ4v) is 5.16. The maximum atomic E-state index is 13.5. The van der Waals surface area contributed by atoms with Crippen molar-refractivity contribution >= 4 is 34.2 Å². The van der Waals surface area contributed by atoms with E-state index < -0.39 is 6.04 Å². The molecule has 0 fully saturated rings. The zero-order valence-corrected chi connectivity index (χ0v) is 21.3. The third-order valence-corrected chi connectivity index (χ3v) is 6.82. The van der Waals surface area contributed by atoms with Gasteiger partial charge < -0.3 is 20.6 Å². The zero-order valence-electron chi connectivity index (χ0n) is 21.3. The Hall–Kier alpha value is -3.35. The summed E-state index contributed by atoms with van der Waals surface area (Å²) in [7, 11) is 0. The maximum absolute atomic E-state index is 13.5. The van der Waals surface area contributed by atoms with E-state index in [1.165, 1.54) is 0 Å². The molecule has 7 heteroatoms. The molecule has 1 aliphatic carbocycles. The van der Waals surface area contributed by atoms with Crippen molar-refractivity contribution < 1.29 is 14.4 Å². The van der Waals surface area contributed by atoms with Crippen molar-refractivity contribution in [2.75, 3.05) is 5.32 Å². The van der Waals surface area contributed by atoms with E-state index in [4.69, 9.17) is 0 Å². The van der Waals surface area contributed by atoms with Crippen molar-refractivity contribution in [3.63, 3.8) is 0 Å². The van der Waals surface area contributed by atoms with Crippen LogP contribution >= 0.6 is 0 Å². The first-order valence-electron chi connectivity index (χ1n) is 12.6. The number of benzene rings is 1. The van der Waals surface area contributed by atoms with Crippen LogP contribution in [0, 0.1) is 5.41 Å². The fraction of sp³-hybridized carbons (Fsp3) is 0.464. The Morgan fingerprint density at radius 3 is 2.63 bits per heavy atom. The number of hydrogen-bond donors (Lipinski definition) is 4. The predicted octanol–water partition coefficient (Wildman–Crippen LogP) is 5.70. The number of Topliss-reactive ketones (excluding diaryl/α,β-unsaturated/α-hetero) is 1. The Labute approximate surface area is 206 Å². The number of unbranched alkanes of at least 4 members (excludes halogenated alkanes) is 1. The minimum Gasteiger partial charge on any atom is -0.361 e. The van der Waals surface area contributed by atoms with Gasteiger partial charge in [0.15, 0.2) is 5.78 Å². The summed E-state index contributed by atoms with van der Waals surface area (Å²) in [4.78, 5) is 46.2. The molecule has 1 unspecified atom stereocenters. The van der Waals surface area contributed by atoms with Gasteiger partial charge in [0.2, 0.25) is 5.91 Å². The highest BCUT2D eigenvalue weighted by atomic mass is 16.2. The smallest absolute Gasteiger partial charge is 0.268 e. The molecule has 2 amide bonds. The number of ketones is 1. The molecule has 0 saturated carbocycles. The van der Waals surface area contributed by atoms with E-state index in [1.54, 1.807) is 0 Å². The summed E-state index contributed by atoms with van der Waals surface area (Å²) in [5.41, 5.74) is 4.13. The Balaban J connectivity index is 1.61. The summed E-state index contributed by atoms with van der Waals surface area (Å²) in [6, 6.07) is 6.91. The van der Waals surface area contributed by atoms with Crippen LogP contribution in [-0.4, -0.2) is 33.6 Å². The van der Waals surface area contributed by atoms with Crippen LogP contribution in [0.15, 0.2) is 30.5 Å². The number of rotatable bonds is 8. The second-order valence-corrected chi connectivity index (χ2v) is 10.8. The van der Waals surface area contributed by atoms with Gasteiger partial charge in [-0.25, -0.2) is 0 Å². The highest BCUT2D eigenvalue weighted by Crippen LogP contribution is 2.39. The van der Waals surface area contributed by atoms with Gasteiger partial charge in [-0.1, -0.05) is 53.5 Å². The summed E-state index contributed by atoms with van der Waals surface area (Å²) < 4.78 is 0. The first kappa shape index (κ1) is 24.8. The molecule has 2 aromatic heterocycles. The summed E-state index contributed by atoms with van der Waals surface area (Å²) in [5, 5.41) is 6.89. The third kappa shape index (κ3) is 5.04. The minimum atomic E-state index is -0.691. The second-order valence-electron chi connectivity index (χ2n) is 10.8. The van der Waals surface area contributed by atoms with E-state index in [1.807, 2.05) is 44.3 Å². The van der Waals surface area contributed by atoms with Gasteiger partial charge in [-0.05, 0) is 47.9 Å². The summed E-state index contributed by atoms with van der Waals surface area (Å²) in [6.45, 7) is 10.2. The molecule has 1 aromatic carbocycles. The number of hydrogen-bond acceptors (Lipinski definition) is 3. The van der Waals surface area contributed by atoms with Crippen LogP contribution in [0.5, 0.6) is 0 Å². The average molecular weight is 477 g/mol. The van der Waals surface area contributed by atoms with E-state index in [0.717, 1.165) is 35.0 Å². The van der Waals surface area contributed by atoms with Crippen molar-refractivity contribution in [2.45, 2.75) is 78.7 Å². The topological polar surface area (TPSA) is 107 Å². The van der Waals surface area contributed by atoms with E-state index in [-0.39, 0.29) is 28.9 Å². The van der Waals surface area contributed by atoms with Gasteiger partial charge in [-0.15, -0.1) is 0 Å². The molecule has 0 radical (unpaired) electrons. The number of amides is 2. The van der Waals surface area contributed by atoms with Gasteiger partial charge in [0, 0.05) is 34.8 Å². The van der Waals surface area contributed by atoms with Gasteiger partial charge in [0.05, 0.1) is 5.69 Å². The number of nitrogens with one attached hydrogen (secondary N) is 4. The molecule has 1 atom stereocenters. The zero-order chi connectivity index (χ0) is 25.3. The van der Waals surface area contributed by atoms with E-state index >= 15 is 0 Å². The molecule has 2 heterocycles. The lowest BCUT2D eigenvalue weighted by Gasteiger charge is -2.28. The van der Waals surface area contributed by atoms with Crippen LogP contribution in [0.1, 0.15) is 98.3 Å². The molecule has 4 rings (SSSR count). The van der Waals surface area contributed by atoms with Crippen LogP contribution in [0.2, 0.25) is 0 Å². The lowest BCUT2D eigenvalue weighted by molar-refractivity contribution is -0.118. The molecule has 0 spiro atoms. The predicted molar refractivity (Wildman–Crippen MR) is 139 cm³/mol. The van der Waals surface area contributed by atoms with Gasteiger partial charge >= 0.3 is 0 Å². The summed E-state index contributed by atoms with van der Waals surface area (Å²) in [6.07, 6.45) is 5.25. The first-order chi connectivity index (χ1) is 16.6. The monoisotopic (exact) mass is 476 g/mol. The number of carbonyl (C=O) groups is 3. The first-order valence-corrected chi connectivity index (χ1v) is 12.6.